The monoisotopic (exact) mass is 206 g/mol. The van der Waals surface area contributed by atoms with Crippen molar-refractivity contribution < 1.29 is 14.3 Å². The van der Waals surface area contributed by atoms with E-state index >= 15 is 0 Å². The fraction of sp³-hybridized carbons (Fsp3) is 0.417. The van der Waals surface area contributed by atoms with Gasteiger partial charge in [-0.1, -0.05) is 6.92 Å². The average Bonchev–Trinajstić information content (AvgIpc) is 2.52. The Morgan fingerprint density at radius 1 is 1.47 bits per heavy atom. The topological polar surface area (TPSA) is 35.5 Å². The van der Waals surface area contributed by atoms with Gasteiger partial charge in [0.1, 0.15) is 11.4 Å². The van der Waals surface area contributed by atoms with Crippen LogP contribution in [0.4, 0.5) is 0 Å². The molecule has 0 radical (unpaired) electrons. The van der Waals surface area contributed by atoms with Gasteiger partial charge in [-0.05, 0) is 31.5 Å². The van der Waals surface area contributed by atoms with Crippen molar-refractivity contribution in [1.29, 1.82) is 0 Å². The molecule has 0 spiro atoms. The highest BCUT2D eigenvalue weighted by atomic mass is 16.6. The van der Waals surface area contributed by atoms with Gasteiger partial charge in [0, 0.05) is 5.56 Å². The molecule has 0 fully saturated rings. The largest absolute Gasteiger partial charge is 0.497 e. The average molecular weight is 206 g/mol. The zero-order valence-corrected chi connectivity index (χ0v) is 9.16. The maximum absolute atomic E-state index is 11.6. The standard InChI is InChI=1S/C12H14O3/c1-4-12(2)10-7-8(14-3)5-6-9(10)11(13)15-12/h5-7H,4H2,1-3H3/t12-/m0/s1. The number of cyclic esters (lactones) is 1. The lowest BCUT2D eigenvalue weighted by atomic mass is 9.92. The molecule has 0 saturated heterocycles. The van der Waals surface area contributed by atoms with Crippen LogP contribution in [-0.4, -0.2) is 13.1 Å². The Balaban J connectivity index is 2.57. The lowest BCUT2D eigenvalue weighted by Crippen LogP contribution is -2.20. The SMILES string of the molecule is CC[C@]1(C)OC(=O)c2ccc(OC)cc21. The molecule has 0 bridgehead atoms. The molecule has 3 nitrogen and oxygen atoms in total. The summed E-state index contributed by atoms with van der Waals surface area (Å²) in [5.74, 6) is 0.517. The summed E-state index contributed by atoms with van der Waals surface area (Å²) in [6.07, 6.45) is 0.763. The van der Waals surface area contributed by atoms with Gasteiger partial charge in [0.25, 0.3) is 0 Å². The van der Waals surface area contributed by atoms with Crippen molar-refractivity contribution in [2.24, 2.45) is 0 Å². The van der Waals surface area contributed by atoms with Crippen LogP contribution in [0.5, 0.6) is 5.75 Å². The van der Waals surface area contributed by atoms with Crippen molar-refractivity contribution in [2.45, 2.75) is 25.9 Å². The van der Waals surface area contributed by atoms with Crippen molar-refractivity contribution >= 4 is 5.97 Å². The van der Waals surface area contributed by atoms with E-state index in [9.17, 15) is 4.79 Å². The van der Waals surface area contributed by atoms with Crippen LogP contribution in [0.1, 0.15) is 36.2 Å². The normalized spacial score (nSPS) is 23.5. The smallest absolute Gasteiger partial charge is 0.339 e. The summed E-state index contributed by atoms with van der Waals surface area (Å²) in [6.45, 7) is 3.93. The van der Waals surface area contributed by atoms with Crippen LogP contribution in [0.25, 0.3) is 0 Å². The fourth-order valence-corrected chi connectivity index (χ4v) is 1.84. The number of carbonyl (C=O) groups is 1. The molecular weight excluding hydrogens is 192 g/mol. The number of carbonyl (C=O) groups excluding carboxylic acids is 1. The van der Waals surface area contributed by atoms with Gasteiger partial charge in [0.05, 0.1) is 12.7 Å². The second-order valence-corrected chi connectivity index (χ2v) is 3.89. The van der Waals surface area contributed by atoms with E-state index in [1.165, 1.54) is 0 Å². The highest BCUT2D eigenvalue weighted by molar-refractivity contribution is 5.94. The maximum atomic E-state index is 11.6. The summed E-state index contributed by atoms with van der Waals surface area (Å²) in [6, 6.07) is 5.42. The molecule has 80 valence electrons. The first kappa shape index (κ1) is 10.0. The van der Waals surface area contributed by atoms with E-state index in [4.69, 9.17) is 9.47 Å². The van der Waals surface area contributed by atoms with Crippen molar-refractivity contribution in [3.05, 3.63) is 29.3 Å². The van der Waals surface area contributed by atoms with Crippen LogP contribution in [-0.2, 0) is 10.3 Å². The van der Waals surface area contributed by atoms with E-state index in [1.54, 1.807) is 19.2 Å². The molecule has 1 heterocycles. The number of rotatable bonds is 2. The molecule has 1 aliphatic heterocycles. The predicted molar refractivity (Wildman–Crippen MR) is 56.1 cm³/mol. The molecule has 2 rings (SSSR count). The fourth-order valence-electron chi connectivity index (χ4n) is 1.84. The van der Waals surface area contributed by atoms with Crippen molar-refractivity contribution in [3.63, 3.8) is 0 Å². The molecule has 0 N–H and O–H groups in total. The van der Waals surface area contributed by atoms with Gasteiger partial charge in [-0.3, -0.25) is 0 Å². The lowest BCUT2D eigenvalue weighted by molar-refractivity contribution is -0.000821. The second kappa shape index (κ2) is 3.26. The van der Waals surface area contributed by atoms with Gasteiger partial charge in [0.15, 0.2) is 0 Å². The Morgan fingerprint density at radius 2 is 2.20 bits per heavy atom. The van der Waals surface area contributed by atoms with Crippen LogP contribution in [0.15, 0.2) is 18.2 Å². The van der Waals surface area contributed by atoms with Crippen LogP contribution in [0, 0.1) is 0 Å². The number of esters is 1. The third-order valence-electron chi connectivity index (χ3n) is 3.01. The van der Waals surface area contributed by atoms with E-state index in [0.717, 1.165) is 17.7 Å². The van der Waals surface area contributed by atoms with Gasteiger partial charge in [-0.15, -0.1) is 0 Å². The molecule has 3 heteroatoms. The number of benzene rings is 1. The zero-order valence-electron chi connectivity index (χ0n) is 9.16. The quantitative estimate of drug-likeness (QED) is 0.697. The van der Waals surface area contributed by atoms with Crippen LogP contribution in [0.2, 0.25) is 0 Å². The van der Waals surface area contributed by atoms with Gasteiger partial charge in [0.2, 0.25) is 0 Å². The van der Waals surface area contributed by atoms with Gasteiger partial charge >= 0.3 is 5.97 Å². The molecule has 1 atom stereocenters. The van der Waals surface area contributed by atoms with E-state index in [2.05, 4.69) is 0 Å². The minimum absolute atomic E-state index is 0.239. The van der Waals surface area contributed by atoms with Crippen LogP contribution >= 0.6 is 0 Å². The molecular formula is C12H14O3. The summed E-state index contributed by atoms with van der Waals surface area (Å²) in [4.78, 5) is 11.6. The summed E-state index contributed by atoms with van der Waals surface area (Å²) in [7, 11) is 1.61. The number of hydrogen-bond acceptors (Lipinski definition) is 3. The van der Waals surface area contributed by atoms with E-state index in [1.807, 2.05) is 19.9 Å². The third-order valence-corrected chi connectivity index (χ3v) is 3.01. The van der Waals surface area contributed by atoms with Gasteiger partial charge < -0.3 is 9.47 Å². The maximum Gasteiger partial charge on any atom is 0.339 e. The molecule has 0 aromatic heterocycles. The van der Waals surface area contributed by atoms with Crippen molar-refractivity contribution in [2.75, 3.05) is 7.11 Å². The van der Waals surface area contributed by atoms with Gasteiger partial charge in [-0.25, -0.2) is 4.79 Å². The highest BCUT2D eigenvalue weighted by Crippen LogP contribution is 2.40. The Morgan fingerprint density at radius 3 is 2.80 bits per heavy atom. The Hall–Kier alpha value is -1.51. The van der Waals surface area contributed by atoms with E-state index < -0.39 is 5.60 Å². The molecule has 1 aromatic rings. The predicted octanol–water partition coefficient (Wildman–Crippen LogP) is 2.49. The summed E-state index contributed by atoms with van der Waals surface area (Å²) >= 11 is 0. The van der Waals surface area contributed by atoms with Crippen LogP contribution < -0.4 is 4.74 Å². The van der Waals surface area contributed by atoms with Crippen molar-refractivity contribution in [3.8, 4) is 5.75 Å². The Kier molecular flexibility index (Phi) is 2.18. The molecule has 0 unspecified atom stereocenters. The molecule has 0 amide bonds. The highest BCUT2D eigenvalue weighted by Gasteiger charge is 2.40. The zero-order chi connectivity index (χ0) is 11.1. The first-order valence-corrected chi connectivity index (χ1v) is 5.02. The molecule has 1 aromatic carbocycles. The number of methoxy groups -OCH3 is 1. The minimum atomic E-state index is -0.499. The molecule has 0 aliphatic carbocycles. The van der Waals surface area contributed by atoms with Gasteiger partial charge in [-0.2, -0.15) is 0 Å². The second-order valence-electron chi connectivity index (χ2n) is 3.89. The van der Waals surface area contributed by atoms with E-state index in [-0.39, 0.29) is 5.97 Å². The van der Waals surface area contributed by atoms with E-state index in [0.29, 0.717) is 5.56 Å². The molecule has 15 heavy (non-hydrogen) atoms. The lowest BCUT2D eigenvalue weighted by Gasteiger charge is -2.21. The molecule has 0 saturated carbocycles. The first-order chi connectivity index (χ1) is 7.10. The first-order valence-electron chi connectivity index (χ1n) is 5.02. The number of fused-ring (bicyclic) bond motifs is 1. The number of ether oxygens (including phenoxy) is 2. The van der Waals surface area contributed by atoms with Crippen molar-refractivity contribution in [1.82, 2.24) is 0 Å². The Labute approximate surface area is 89.0 Å². The summed E-state index contributed by atoms with van der Waals surface area (Å²) in [5.41, 5.74) is 1.08. The number of hydrogen-bond donors (Lipinski definition) is 0. The molecule has 1 aliphatic rings. The van der Waals surface area contributed by atoms with Crippen LogP contribution in [0.3, 0.4) is 0 Å². The minimum Gasteiger partial charge on any atom is -0.497 e. The third kappa shape index (κ3) is 1.39. The summed E-state index contributed by atoms with van der Waals surface area (Å²) in [5, 5.41) is 0. The summed E-state index contributed by atoms with van der Waals surface area (Å²) < 4.78 is 10.5. The Bertz CT molecular complexity index is 411.